The predicted molar refractivity (Wildman–Crippen MR) is 96.5 cm³/mol. The van der Waals surface area contributed by atoms with Crippen molar-refractivity contribution in [2.24, 2.45) is 0 Å². The molecule has 1 aromatic rings. The molecular weight excluding hydrogens is 321 g/mol. The fourth-order valence-electron chi connectivity index (χ4n) is 2.83. The molecule has 7 heteroatoms. The lowest BCUT2D eigenvalue weighted by Gasteiger charge is -2.36. The molecular formula is C18H28BNO5. The molecule has 2 N–H and O–H groups in total. The van der Waals surface area contributed by atoms with Crippen molar-refractivity contribution < 1.29 is 24.3 Å². The topological polar surface area (TPSA) is 79.2 Å². The van der Waals surface area contributed by atoms with Gasteiger partial charge in [-0.05, 0) is 51.1 Å². The maximum Gasteiger partial charge on any atom is 0.488 e. The first-order valence-corrected chi connectivity index (χ1v) is 8.78. The lowest BCUT2D eigenvalue weighted by Crippen LogP contribution is -2.48. The van der Waals surface area contributed by atoms with E-state index in [1.54, 1.807) is 29.2 Å². The van der Waals surface area contributed by atoms with Crippen molar-refractivity contribution in [2.45, 2.75) is 58.3 Å². The molecule has 0 bridgehead atoms. The number of nitrogens with zero attached hydrogens (tertiary/aromatic N) is 1. The normalized spacial score (nSPS) is 18.1. The van der Waals surface area contributed by atoms with Crippen molar-refractivity contribution in [2.75, 3.05) is 13.2 Å². The summed E-state index contributed by atoms with van der Waals surface area (Å²) < 4.78 is 11.3. The number of carbonyl (C=O) groups is 1. The number of hydrogen-bond acceptors (Lipinski definition) is 5. The Kier molecular flexibility index (Phi) is 6.87. The molecule has 1 saturated heterocycles. The minimum Gasteiger partial charge on any atom is -0.444 e. The van der Waals surface area contributed by atoms with Crippen LogP contribution in [-0.4, -0.2) is 53.0 Å². The van der Waals surface area contributed by atoms with Crippen molar-refractivity contribution in [1.29, 1.82) is 0 Å². The molecule has 1 aromatic carbocycles. The number of piperidine rings is 1. The van der Waals surface area contributed by atoms with E-state index in [2.05, 4.69) is 0 Å². The second kappa shape index (κ2) is 8.69. The average molecular weight is 349 g/mol. The first kappa shape index (κ1) is 19.8. The SMILES string of the molecule is CC(C)(C)OC(=O)N1CCCCC1COCc1ccc(B(O)O)cc1. The van der Waals surface area contributed by atoms with E-state index in [0.29, 0.717) is 25.2 Å². The third-order valence-corrected chi connectivity index (χ3v) is 4.11. The van der Waals surface area contributed by atoms with Crippen LogP contribution >= 0.6 is 0 Å². The maximum atomic E-state index is 12.4. The second-order valence-corrected chi connectivity index (χ2v) is 7.45. The molecule has 6 nitrogen and oxygen atoms in total. The Morgan fingerprint density at radius 2 is 1.92 bits per heavy atom. The third kappa shape index (κ3) is 6.34. The first-order valence-electron chi connectivity index (χ1n) is 8.78. The molecule has 0 aliphatic carbocycles. The van der Waals surface area contributed by atoms with Crippen LogP contribution in [0.1, 0.15) is 45.6 Å². The summed E-state index contributed by atoms with van der Waals surface area (Å²) in [7, 11) is -1.46. The minimum atomic E-state index is -1.46. The smallest absolute Gasteiger partial charge is 0.444 e. The summed E-state index contributed by atoms with van der Waals surface area (Å²) in [4.78, 5) is 14.1. The molecule has 0 spiro atoms. The Morgan fingerprint density at radius 3 is 2.52 bits per heavy atom. The Balaban J connectivity index is 1.85. The Bertz CT molecular complexity index is 556. The molecule has 1 heterocycles. The molecule has 0 saturated carbocycles. The van der Waals surface area contributed by atoms with Crippen LogP contribution in [0.15, 0.2) is 24.3 Å². The van der Waals surface area contributed by atoms with E-state index in [1.165, 1.54) is 0 Å². The largest absolute Gasteiger partial charge is 0.488 e. The van der Waals surface area contributed by atoms with Crippen LogP contribution in [0.25, 0.3) is 0 Å². The number of benzene rings is 1. The molecule has 0 radical (unpaired) electrons. The van der Waals surface area contributed by atoms with Crippen molar-refractivity contribution in [1.82, 2.24) is 4.90 Å². The summed E-state index contributed by atoms with van der Waals surface area (Å²) >= 11 is 0. The van der Waals surface area contributed by atoms with Crippen LogP contribution in [0.5, 0.6) is 0 Å². The van der Waals surface area contributed by atoms with Gasteiger partial charge in [0.1, 0.15) is 5.60 Å². The summed E-state index contributed by atoms with van der Waals surface area (Å²) in [6.07, 6.45) is 2.70. The van der Waals surface area contributed by atoms with E-state index in [1.807, 2.05) is 20.8 Å². The van der Waals surface area contributed by atoms with Gasteiger partial charge >= 0.3 is 13.2 Å². The predicted octanol–water partition coefficient (Wildman–Crippen LogP) is 1.67. The van der Waals surface area contributed by atoms with Crippen LogP contribution in [0.4, 0.5) is 4.79 Å². The van der Waals surface area contributed by atoms with Gasteiger partial charge in [0.05, 0.1) is 19.3 Å². The van der Waals surface area contributed by atoms with Crippen molar-refractivity contribution in [3.05, 3.63) is 29.8 Å². The van der Waals surface area contributed by atoms with Gasteiger partial charge in [-0.1, -0.05) is 24.3 Å². The van der Waals surface area contributed by atoms with Crippen molar-refractivity contribution >= 4 is 18.7 Å². The molecule has 138 valence electrons. The van der Waals surface area contributed by atoms with Gasteiger partial charge < -0.3 is 24.4 Å². The van der Waals surface area contributed by atoms with Gasteiger partial charge in [-0.2, -0.15) is 0 Å². The van der Waals surface area contributed by atoms with Crippen LogP contribution < -0.4 is 5.46 Å². The molecule has 1 aliphatic rings. The zero-order valence-corrected chi connectivity index (χ0v) is 15.3. The van der Waals surface area contributed by atoms with Gasteiger partial charge in [-0.3, -0.25) is 0 Å². The summed E-state index contributed by atoms with van der Waals surface area (Å²) in [5.41, 5.74) is 0.898. The van der Waals surface area contributed by atoms with Gasteiger partial charge in [0.25, 0.3) is 0 Å². The second-order valence-electron chi connectivity index (χ2n) is 7.45. The van der Waals surface area contributed by atoms with E-state index in [0.717, 1.165) is 24.8 Å². The number of rotatable bonds is 5. The number of ether oxygens (including phenoxy) is 2. The molecule has 1 aliphatic heterocycles. The zero-order valence-electron chi connectivity index (χ0n) is 15.3. The van der Waals surface area contributed by atoms with Gasteiger partial charge in [0.2, 0.25) is 0 Å². The quantitative estimate of drug-likeness (QED) is 0.791. The highest BCUT2D eigenvalue weighted by Gasteiger charge is 2.30. The molecule has 1 fully saturated rings. The molecule has 1 unspecified atom stereocenters. The van der Waals surface area contributed by atoms with Crippen molar-refractivity contribution in [3.8, 4) is 0 Å². The number of amides is 1. The lowest BCUT2D eigenvalue weighted by atomic mass is 9.80. The van der Waals surface area contributed by atoms with E-state index >= 15 is 0 Å². The van der Waals surface area contributed by atoms with Gasteiger partial charge in [0.15, 0.2) is 0 Å². The molecule has 1 amide bonds. The summed E-state index contributed by atoms with van der Waals surface area (Å²) in [6, 6.07) is 6.97. The van der Waals surface area contributed by atoms with Gasteiger partial charge in [-0.15, -0.1) is 0 Å². The average Bonchev–Trinajstić information content (AvgIpc) is 2.54. The Hall–Kier alpha value is -1.57. The number of likely N-dealkylation sites (tertiary alicyclic amines) is 1. The van der Waals surface area contributed by atoms with Crippen LogP contribution in [0.3, 0.4) is 0 Å². The molecule has 0 aromatic heterocycles. The van der Waals surface area contributed by atoms with Crippen LogP contribution in [-0.2, 0) is 16.1 Å². The highest BCUT2D eigenvalue weighted by Crippen LogP contribution is 2.21. The number of carbonyl (C=O) groups excluding carboxylic acids is 1. The van der Waals surface area contributed by atoms with E-state index < -0.39 is 12.7 Å². The molecule has 2 rings (SSSR count). The maximum absolute atomic E-state index is 12.4. The fraction of sp³-hybridized carbons (Fsp3) is 0.611. The summed E-state index contributed by atoms with van der Waals surface area (Å²) in [6.45, 7) is 7.18. The summed E-state index contributed by atoms with van der Waals surface area (Å²) in [5, 5.41) is 18.2. The highest BCUT2D eigenvalue weighted by molar-refractivity contribution is 6.58. The highest BCUT2D eigenvalue weighted by atomic mass is 16.6. The van der Waals surface area contributed by atoms with E-state index in [9.17, 15) is 4.79 Å². The van der Waals surface area contributed by atoms with E-state index in [4.69, 9.17) is 19.5 Å². The molecule has 1 atom stereocenters. The Morgan fingerprint density at radius 1 is 1.24 bits per heavy atom. The number of hydrogen-bond donors (Lipinski definition) is 2. The van der Waals surface area contributed by atoms with Crippen molar-refractivity contribution in [3.63, 3.8) is 0 Å². The van der Waals surface area contributed by atoms with Crippen LogP contribution in [0, 0.1) is 0 Å². The summed E-state index contributed by atoms with van der Waals surface area (Å²) in [5.74, 6) is 0. The first-order chi connectivity index (χ1) is 11.8. The lowest BCUT2D eigenvalue weighted by molar-refractivity contribution is -0.00997. The molecule has 25 heavy (non-hydrogen) atoms. The Labute approximate surface area is 149 Å². The monoisotopic (exact) mass is 349 g/mol. The van der Waals surface area contributed by atoms with Gasteiger partial charge in [-0.25, -0.2) is 4.79 Å². The van der Waals surface area contributed by atoms with E-state index in [-0.39, 0.29) is 12.1 Å². The standard InChI is InChI=1S/C18H28BNO5/c1-18(2,3)25-17(21)20-11-5-4-6-16(20)13-24-12-14-7-9-15(10-8-14)19(22)23/h7-10,16,22-23H,4-6,11-13H2,1-3H3. The minimum absolute atomic E-state index is 0.0298. The van der Waals surface area contributed by atoms with Gasteiger partial charge in [0, 0.05) is 6.54 Å². The van der Waals surface area contributed by atoms with Crippen LogP contribution in [0.2, 0.25) is 0 Å². The fourth-order valence-corrected chi connectivity index (χ4v) is 2.83. The third-order valence-electron chi connectivity index (χ3n) is 4.11. The zero-order chi connectivity index (χ0) is 18.4.